The Morgan fingerprint density at radius 3 is 2.59 bits per heavy atom. The second-order valence-electron chi connectivity index (χ2n) is 4.86. The van der Waals surface area contributed by atoms with Gasteiger partial charge in [-0.3, -0.25) is 5.32 Å². The van der Waals surface area contributed by atoms with Gasteiger partial charge >= 0.3 is 0 Å². The third kappa shape index (κ3) is 3.99. The van der Waals surface area contributed by atoms with Crippen LogP contribution in [-0.4, -0.2) is 46.7 Å². The Morgan fingerprint density at radius 1 is 1.23 bits per heavy atom. The zero-order chi connectivity index (χ0) is 14.5. The van der Waals surface area contributed by atoms with Crippen LogP contribution in [0.5, 0.6) is 0 Å². The Hall–Kier alpha value is -2.05. The number of guanidine groups is 1. The lowest BCUT2D eigenvalue weighted by Crippen LogP contribution is -2.44. The van der Waals surface area contributed by atoms with Gasteiger partial charge in [0.25, 0.3) is 0 Å². The highest BCUT2D eigenvalue weighted by atomic mass is 35.5. The first-order valence-electron chi connectivity index (χ1n) is 7.04. The average molecular weight is 322 g/mol. The van der Waals surface area contributed by atoms with Crippen LogP contribution in [0.15, 0.2) is 47.7 Å². The first-order valence-corrected chi connectivity index (χ1v) is 7.04. The van der Waals surface area contributed by atoms with E-state index in [2.05, 4.69) is 15.2 Å². The Labute approximate surface area is 136 Å². The molecular weight excluding hydrogens is 302 g/mol. The van der Waals surface area contributed by atoms with Gasteiger partial charge in [0.2, 0.25) is 11.9 Å². The number of aromatic nitrogens is 2. The van der Waals surface area contributed by atoms with Crippen molar-refractivity contribution in [1.82, 2.24) is 14.5 Å². The highest BCUT2D eigenvalue weighted by Gasteiger charge is 2.16. The van der Waals surface area contributed by atoms with E-state index in [-0.39, 0.29) is 12.4 Å². The summed E-state index contributed by atoms with van der Waals surface area (Å²) in [5, 5.41) is 3.32. The van der Waals surface area contributed by atoms with Gasteiger partial charge in [-0.25, -0.2) is 9.98 Å². The minimum atomic E-state index is 0. The van der Waals surface area contributed by atoms with Crippen LogP contribution >= 0.6 is 12.4 Å². The van der Waals surface area contributed by atoms with E-state index in [1.165, 1.54) is 0 Å². The van der Waals surface area contributed by atoms with Crippen molar-refractivity contribution < 1.29 is 4.74 Å². The topological polar surface area (TPSA) is 54.7 Å². The molecule has 0 unspecified atom stereocenters. The maximum Gasteiger partial charge on any atom is 0.209 e. The van der Waals surface area contributed by atoms with Crippen molar-refractivity contribution in [3.63, 3.8) is 0 Å². The lowest BCUT2D eigenvalue weighted by atomic mass is 10.3. The van der Waals surface area contributed by atoms with Gasteiger partial charge in [-0.15, -0.1) is 12.4 Å². The van der Waals surface area contributed by atoms with Gasteiger partial charge in [0.1, 0.15) is 0 Å². The molecule has 2 aromatic rings. The van der Waals surface area contributed by atoms with Gasteiger partial charge in [0.05, 0.1) is 18.9 Å². The number of nitrogens with zero attached hydrogens (tertiary/aromatic N) is 4. The fraction of sp³-hybridized carbons (Fsp3) is 0.333. The van der Waals surface area contributed by atoms with Crippen LogP contribution < -0.4 is 5.32 Å². The summed E-state index contributed by atoms with van der Waals surface area (Å²) in [5.74, 6) is 1.58. The van der Waals surface area contributed by atoms with Crippen LogP contribution in [0, 0.1) is 0 Å². The van der Waals surface area contributed by atoms with Crippen molar-refractivity contribution in [3.8, 4) is 0 Å². The standard InChI is InChI=1S/C15H19N5O.ClH/c1-19-8-7-16-14(19)18-15(20-9-11-21-12-10-20)17-13-5-3-2-4-6-13;/h2-8H,9-12H2,1H3,(H,16,17,18);1H. The van der Waals surface area contributed by atoms with Crippen LogP contribution in [0.3, 0.4) is 0 Å². The molecule has 0 amide bonds. The number of imidazole rings is 1. The number of para-hydroxylation sites is 1. The highest BCUT2D eigenvalue weighted by molar-refractivity contribution is 5.94. The molecule has 0 saturated carbocycles. The molecule has 1 aromatic carbocycles. The van der Waals surface area contributed by atoms with E-state index >= 15 is 0 Å². The maximum absolute atomic E-state index is 5.41. The van der Waals surface area contributed by atoms with E-state index in [0.717, 1.165) is 43.9 Å². The molecule has 0 spiro atoms. The van der Waals surface area contributed by atoms with Gasteiger partial charge in [-0.1, -0.05) is 18.2 Å². The van der Waals surface area contributed by atoms with Crippen LogP contribution in [0.2, 0.25) is 0 Å². The average Bonchev–Trinajstić information content (AvgIpc) is 2.94. The second-order valence-corrected chi connectivity index (χ2v) is 4.86. The van der Waals surface area contributed by atoms with Crippen molar-refractivity contribution >= 4 is 30.0 Å². The molecule has 3 rings (SSSR count). The minimum Gasteiger partial charge on any atom is -0.378 e. The lowest BCUT2D eigenvalue weighted by molar-refractivity contribution is 0.0680. The Morgan fingerprint density at radius 2 is 1.95 bits per heavy atom. The number of rotatable bonds is 2. The molecule has 1 aliphatic heterocycles. The van der Waals surface area contributed by atoms with Crippen molar-refractivity contribution in [1.29, 1.82) is 0 Å². The number of nitrogens with one attached hydrogen (secondary N) is 1. The zero-order valence-electron chi connectivity index (χ0n) is 12.5. The first-order chi connectivity index (χ1) is 10.3. The molecule has 1 N–H and O–H groups in total. The first kappa shape index (κ1) is 16.3. The number of anilines is 1. The predicted molar refractivity (Wildman–Crippen MR) is 90.0 cm³/mol. The van der Waals surface area contributed by atoms with Crippen molar-refractivity contribution in [3.05, 3.63) is 42.7 Å². The molecule has 0 atom stereocenters. The number of aryl methyl sites for hydroxylation is 1. The van der Waals surface area contributed by atoms with Crippen LogP contribution in [0.1, 0.15) is 0 Å². The molecule has 118 valence electrons. The summed E-state index contributed by atoms with van der Waals surface area (Å²) in [5.41, 5.74) is 0.917. The van der Waals surface area contributed by atoms with Gasteiger partial charge in [0.15, 0.2) is 0 Å². The van der Waals surface area contributed by atoms with Crippen molar-refractivity contribution in [2.45, 2.75) is 0 Å². The summed E-state index contributed by atoms with van der Waals surface area (Å²) >= 11 is 0. The normalized spacial score (nSPS) is 15.3. The van der Waals surface area contributed by atoms with Crippen molar-refractivity contribution in [2.75, 3.05) is 31.6 Å². The van der Waals surface area contributed by atoms with Crippen LogP contribution in [0.25, 0.3) is 0 Å². The monoisotopic (exact) mass is 321 g/mol. The van der Waals surface area contributed by atoms with Crippen LogP contribution in [0.4, 0.5) is 11.6 Å². The van der Waals surface area contributed by atoms with E-state index in [0.29, 0.717) is 0 Å². The Bertz CT molecular complexity index is 607. The van der Waals surface area contributed by atoms with Crippen molar-refractivity contribution in [2.24, 2.45) is 12.0 Å². The fourth-order valence-corrected chi connectivity index (χ4v) is 2.16. The largest absolute Gasteiger partial charge is 0.378 e. The predicted octanol–water partition coefficient (Wildman–Crippen LogP) is 2.27. The molecule has 1 fully saturated rings. The highest BCUT2D eigenvalue weighted by Crippen LogP contribution is 2.13. The minimum absolute atomic E-state index is 0. The molecule has 1 aliphatic rings. The summed E-state index contributed by atoms with van der Waals surface area (Å²) in [4.78, 5) is 11.2. The zero-order valence-corrected chi connectivity index (χ0v) is 13.3. The van der Waals surface area contributed by atoms with E-state index in [4.69, 9.17) is 9.73 Å². The van der Waals surface area contributed by atoms with E-state index < -0.39 is 0 Å². The number of aliphatic imine (C=N–C) groups is 1. The van der Waals surface area contributed by atoms with E-state index in [1.54, 1.807) is 6.20 Å². The Balaban J connectivity index is 0.00000176. The molecule has 6 nitrogen and oxygen atoms in total. The molecule has 0 bridgehead atoms. The van der Waals surface area contributed by atoms with Crippen LogP contribution in [-0.2, 0) is 11.8 Å². The molecule has 0 radical (unpaired) electrons. The molecule has 2 heterocycles. The summed E-state index contributed by atoms with van der Waals surface area (Å²) in [6, 6.07) is 9.92. The molecule has 1 aromatic heterocycles. The SMILES string of the molecule is Cl.Cn1ccnc1N/C(=N/c1ccccc1)N1CCOCC1. The summed E-state index contributed by atoms with van der Waals surface area (Å²) in [7, 11) is 1.95. The quantitative estimate of drug-likeness (QED) is 0.681. The lowest BCUT2D eigenvalue weighted by Gasteiger charge is -2.29. The van der Waals surface area contributed by atoms with Gasteiger partial charge < -0.3 is 14.2 Å². The molecular formula is C15H20ClN5O. The van der Waals surface area contributed by atoms with E-state index in [1.807, 2.05) is 48.1 Å². The smallest absolute Gasteiger partial charge is 0.209 e. The molecule has 7 heteroatoms. The number of morpholine rings is 1. The molecule has 1 saturated heterocycles. The third-order valence-electron chi connectivity index (χ3n) is 3.35. The molecule has 22 heavy (non-hydrogen) atoms. The summed E-state index contributed by atoms with van der Waals surface area (Å²) in [6.07, 6.45) is 3.67. The Kier molecular flexibility index (Phi) is 5.80. The summed E-state index contributed by atoms with van der Waals surface area (Å²) in [6.45, 7) is 3.08. The van der Waals surface area contributed by atoms with Gasteiger partial charge in [-0.05, 0) is 12.1 Å². The number of hydrogen-bond donors (Lipinski definition) is 1. The number of halogens is 1. The number of hydrogen-bond acceptors (Lipinski definition) is 3. The fourth-order valence-electron chi connectivity index (χ4n) is 2.16. The third-order valence-corrected chi connectivity index (χ3v) is 3.35. The maximum atomic E-state index is 5.41. The summed E-state index contributed by atoms with van der Waals surface area (Å²) < 4.78 is 7.35. The van der Waals surface area contributed by atoms with E-state index in [9.17, 15) is 0 Å². The second kappa shape index (κ2) is 7.82. The number of ether oxygens (including phenoxy) is 1. The van der Waals surface area contributed by atoms with Gasteiger partial charge in [-0.2, -0.15) is 0 Å². The molecule has 0 aliphatic carbocycles. The number of benzene rings is 1. The van der Waals surface area contributed by atoms with Gasteiger partial charge in [0, 0.05) is 32.5 Å².